The Morgan fingerprint density at radius 1 is 0.846 bits per heavy atom. The zero-order valence-electron chi connectivity index (χ0n) is 16.6. The Balaban J connectivity index is 3.85. The second-order valence-corrected chi connectivity index (χ2v) is 7.99. The van der Waals surface area contributed by atoms with E-state index in [2.05, 4.69) is 11.7 Å². The molecule has 0 aliphatic rings. The van der Waals surface area contributed by atoms with Crippen LogP contribution in [0.4, 0.5) is 0 Å². The maximum Gasteiger partial charge on any atom is 0.397 e. The molecule has 0 aromatic heterocycles. The van der Waals surface area contributed by atoms with Crippen molar-refractivity contribution in [1.29, 1.82) is 0 Å². The number of carbonyl (C=O) groups excluding carboxylic acids is 1. The van der Waals surface area contributed by atoms with Crippen molar-refractivity contribution in [1.82, 2.24) is 0 Å². The van der Waals surface area contributed by atoms with E-state index in [1.807, 2.05) is 0 Å². The number of hydrogen-bond donors (Lipinski definition) is 1. The van der Waals surface area contributed by atoms with E-state index in [-0.39, 0.29) is 5.97 Å². The maximum atomic E-state index is 11.0. The number of ether oxygens (including phenoxy) is 1. The summed E-state index contributed by atoms with van der Waals surface area (Å²) in [7, 11) is -3.00. The first-order valence-electron chi connectivity index (χ1n) is 10.1. The van der Waals surface area contributed by atoms with Gasteiger partial charge < -0.3 is 4.74 Å². The molecule has 0 amide bonds. The maximum absolute atomic E-state index is 11.0. The Labute approximate surface area is 160 Å². The van der Waals surface area contributed by atoms with Gasteiger partial charge in [-0.3, -0.25) is 9.35 Å². The number of methoxy groups -OCH3 is 1. The second-order valence-electron chi connectivity index (χ2n) is 6.94. The molecule has 0 aliphatic carbocycles. The molecule has 26 heavy (non-hydrogen) atoms. The van der Waals surface area contributed by atoms with Crippen molar-refractivity contribution >= 4 is 16.4 Å². The van der Waals surface area contributed by atoms with E-state index in [0.29, 0.717) is 19.3 Å². The van der Waals surface area contributed by atoms with Crippen molar-refractivity contribution in [2.24, 2.45) is 0 Å². The lowest BCUT2D eigenvalue weighted by molar-refractivity contribution is -0.140. The summed E-state index contributed by atoms with van der Waals surface area (Å²) in [6.07, 6.45) is 14.0. The number of rotatable bonds is 18. The van der Waals surface area contributed by atoms with Crippen molar-refractivity contribution in [3.05, 3.63) is 0 Å². The fourth-order valence-corrected chi connectivity index (χ4v) is 3.55. The van der Waals surface area contributed by atoms with Crippen LogP contribution in [0.3, 0.4) is 0 Å². The Morgan fingerprint density at radius 2 is 1.31 bits per heavy atom. The topological polar surface area (TPSA) is 89.9 Å². The van der Waals surface area contributed by atoms with Crippen LogP contribution in [0.5, 0.6) is 0 Å². The van der Waals surface area contributed by atoms with Crippen LogP contribution in [-0.4, -0.2) is 32.2 Å². The van der Waals surface area contributed by atoms with Crippen LogP contribution < -0.4 is 0 Å². The Bertz CT molecular complexity index is 435. The molecule has 1 atom stereocenters. The monoisotopic (exact) mass is 394 g/mol. The summed E-state index contributed by atoms with van der Waals surface area (Å²) < 4.78 is 40.4. The molecule has 0 aromatic rings. The molecule has 0 aliphatic heterocycles. The number of esters is 1. The molecule has 0 fully saturated rings. The fraction of sp³-hybridized carbons (Fsp3) is 0.947. The number of carbonyl (C=O) groups is 1. The lowest BCUT2D eigenvalue weighted by Crippen LogP contribution is -2.18. The average molecular weight is 395 g/mol. The van der Waals surface area contributed by atoms with Crippen molar-refractivity contribution in [3.8, 4) is 0 Å². The van der Waals surface area contributed by atoms with Gasteiger partial charge in [-0.1, -0.05) is 77.6 Å². The predicted octanol–water partition coefficient (Wildman–Crippen LogP) is 5.22. The zero-order valence-corrected chi connectivity index (χ0v) is 17.4. The molecule has 0 spiro atoms. The molecular weight excluding hydrogens is 356 g/mol. The highest BCUT2D eigenvalue weighted by Gasteiger charge is 2.16. The van der Waals surface area contributed by atoms with Crippen LogP contribution >= 0.6 is 0 Å². The highest BCUT2D eigenvalue weighted by atomic mass is 32.3. The van der Waals surface area contributed by atoms with Gasteiger partial charge in [-0.15, -0.1) is 0 Å². The Morgan fingerprint density at radius 3 is 1.77 bits per heavy atom. The van der Waals surface area contributed by atoms with Crippen LogP contribution in [-0.2, 0) is 24.1 Å². The van der Waals surface area contributed by atoms with Crippen LogP contribution in [0.2, 0.25) is 0 Å². The third kappa shape index (κ3) is 18.1. The van der Waals surface area contributed by atoms with Gasteiger partial charge in [0.1, 0.15) is 0 Å². The average Bonchev–Trinajstić information content (AvgIpc) is 2.58. The summed E-state index contributed by atoms with van der Waals surface area (Å²) >= 11 is 0. The molecule has 1 N–H and O–H groups in total. The molecule has 0 heterocycles. The van der Waals surface area contributed by atoms with E-state index < -0.39 is 16.5 Å². The first kappa shape index (κ1) is 25.3. The number of hydrogen-bond acceptors (Lipinski definition) is 5. The van der Waals surface area contributed by atoms with Crippen LogP contribution in [0.1, 0.15) is 103 Å². The van der Waals surface area contributed by atoms with Gasteiger partial charge in [0.05, 0.1) is 13.2 Å². The molecular formula is C19H38O6S. The Kier molecular flexibility index (Phi) is 16.1. The van der Waals surface area contributed by atoms with E-state index in [0.717, 1.165) is 44.9 Å². The summed E-state index contributed by atoms with van der Waals surface area (Å²) in [4.78, 5) is 11.0. The normalized spacial score (nSPS) is 12.9. The molecule has 0 aromatic carbocycles. The lowest BCUT2D eigenvalue weighted by atomic mass is 10.0. The minimum absolute atomic E-state index is 0.179. The zero-order chi connectivity index (χ0) is 19.7. The smallest absolute Gasteiger partial charge is 0.397 e. The van der Waals surface area contributed by atoms with Crippen molar-refractivity contribution < 1.29 is 26.7 Å². The van der Waals surface area contributed by atoms with E-state index in [1.165, 1.54) is 39.2 Å². The van der Waals surface area contributed by atoms with Crippen LogP contribution in [0, 0.1) is 0 Å². The summed E-state index contributed by atoms with van der Waals surface area (Å²) in [6.45, 7) is 2.19. The van der Waals surface area contributed by atoms with Crippen molar-refractivity contribution in [2.75, 3.05) is 7.11 Å². The van der Waals surface area contributed by atoms with Gasteiger partial charge >= 0.3 is 16.4 Å². The van der Waals surface area contributed by atoms with Crippen molar-refractivity contribution in [3.63, 3.8) is 0 Å². The van der Waals surface area contributed by atoms with Crippen LogP contribution in [0.15, 0.2) is 0 Å². The minimum atomic E-state index is -4.39. The van der Waals surface area contributed by atoms with E-state index in [9.17, 15) is 13.2 Å². The summed E-state index contributed by atoms with van der Waals surface area (Å²) in [6, 6.07) is 0. The lowest BCUT2D eigenvalue weighted by Gasteiger charge is -2.15. The van der Waals surface area contributed by atoms with E-state index in [1.54, 1.807) is 0 Å². The fourth-order valence-electron chi connectivity index (χ4n) is 3.02. The third-order valence-corrected chi connectivity index (χ3v) is 5.04. The molecule has 156 valence electrons. The summed E-state index contributed by atoms with van der Waals surface area (Å²) in [5, 5.41) is 0. The quantitative estimate of drug-likeness (QED) is 0.195. The highest BCUT2D eigenvalue weighted by molar-refractivity contribution is 7.80. The molecule has 6 nitrogen and oxygen atoms in total. The first-order chi connectivity index (χ1) is 12.4. The van der Waals surface area contributed by atoms with Crippen molar-refractivity contribution in [2.45, 2.75) is 109 Å². The SMILES string of the molecule is CCCCCCCCCC(CCCCCCCC(=O)OC)OS(=O)(=O)O. The van der Waals surface area contributed by atoms with Gasteiger partial charge in [0.2, 0.25) is 0 Å². The predicted molar refractivity (Wildman–Crippen MR) is 103 cm³/mol. The molecule has 0 rings (SSSR count). The molecule has 0 saturated heterocycles. The standard InChI is InChI=1S/C19H38O6S/c1-3-4-5-6-7-9-12-15-18(25-26(21,22)23)16-13-10-8-11-14-17-19(20)24-2/h18H,3-17H2,1-2H3,(H,21,22,23). The molecule has 0 radical (unpaired) electrons. The van der Waals surface area contributed by atoms with E-state index >= 15 is 0 Å². The Hall–Kier alpha value is -0.660. The summed E-state index contributed by atoms with van der Waals surface area (Å²) in [5.74, 6) is -0.179. The largest absolute Gasteiger partial charge is 0.469 e. The first-order valence-corrected chi connectivity index (χ1v) is 11.5. The van der Waals surface area contributed by atoms with E-state index in [4.69, 9.17) is 8.74 Å². The molecule has 7 heteroatoms. The van der Waals surface area contributed by atoms with Gasteiger partial charge in [-0.2, -0.15) is 8.42 Å². The third-order valence-electron chi connectivity index (χ3n) is 4.52. The number of unbranched alkanes of at least 4 members (excludes halogenated alkanes) is 10. The van der Waals surface area contributed by atoms with Gasteiger partial charge in [0.15, 0.2) is 0 Å². The minimum Gasteiger partial charge on any atom is -0.469 e. The molecule has 1 unspecified atom stereocenters. The molecule has 0 saturated carbocycles. The molecule has 0 bridgehead atoms. The highest BCUT2D eigenvalue weighted by Crippen LogP contribution is 2.18. The van der Waals surface area contributed by atoms with Gasteiger partial charge in [0.25, 0.3) is 0 Å². The van der Waals surface area contributed by atoms with Gasteiger partial charge in [0, 0.05) is 6.42 Å². The van der Waals surface area contributed by atoms with Crippen LogP contribution in [0.25, 0.3) is 0 Å². The van der Waals surface area contributed by atoms with Gasteiger partial charge in [-0.25, -0.2) is 4.18 Å². The summed E-state index contributed by atoms with van der Waals surface area (Å²) in [5.41, 5.74) is 0. The second kappa shape index (κ2) is 16.5. The van der Waals surface area contributed by atoms with Gasteiger partial charge in [-0.05, 0) is 19.3 Å².